The van der Waals surface area contributed by atoms with Crippen LogP contribution >= 0.6 is 0 Å². The van der Waals surface area contributed by atoms with Gasteiger partial charge in [-0.3, -0.25) is 0 Å². The summed E-state index contributed by atoms with van der Waals surface area (Å²) in [6.45, 7) is 4.44. The second-order valence-corrected chi connectivity index (χ2v) is 4.46. The fourth-order valence-corrected chi connectivity index (χ4v) is 1.99. The maximum atomic E-state index is 5.31. The Morgan fingerprint density at radius 2 is 1.83 bits per heavy atom. The number of benzene rings is 1. The van der Waals surface area contributed by atoms with Crippen molar-refractivity contribution in [3.05, 3.63) is 18.2 Å². The molecule has 1 rings (SSSR count). The number of ether oxygens (including phenoxy) is 2. The molecule has 0 aliphatic rings. The van der Waals surface area contributed by atoms with Crippen LogP contribution in [0.4, 0.5) is 5.69 Å². The summed E-state index contributed by atoms with van der Waals surface area (Å²) in [5.41, 5.74) is 1.09. The van der Waals surface area contributed by atoms with Crippen LogP contribution in [0, 0.1) is 0 Å². The summed E-state index contributed by atoms with van der Waals surface area (Å²) in [5.74, 6) is 1.54. The molecule has 0 spiro atoms. The summed E-state index contributed by atoms with van der Waals surface area (Å²) in [6, 6.07) is 6.50. The van der Waals surface area contributed by atoms with E-state index >= 15 is 0 Å². The van der Waals surface area contributed by atoms with Crippen molar-refractivity contribution in [2.75, 3.05) is 19.5 Å². The molecule has 1 aromatic carbocycles. The summed E-state index contributed by atoms with van der Waals surface area (Å²) in [4.78, 5) is 0. The Morgan fingerprint density at radius 1 is 1.11 bits per heavy atom. The van der Waals surface area contributed by atoms with Crippen LogP contribution in [-0.2, 0) is 0 Å². The molecular weight excluding hydrogens is 226 g/mol. The summed E-state index contributed by atoms with van der Waals surface area (Å²) in [5, 5.41) is 3.55. The molecule has 0 bridgehead atoms. The van der Waals surface area contributed by atoms with Crippen LogP contribution in [0.15, 0.2) is 18.2 Å². The van der Waals surface area contributed by atoms with Crippen LogP contribution in [0.2, 0.25) is 0 Å². The second kappa shape index (κ2) is 7.85. The third-order valence-electron chi connectivity index (χ3n) is 3.15. The zero-order valence-electron chi connectivity index (χ0n) is 12.0. The average molecular weight is 251 g/mol. The van der Waals surface area contributed by atoms with Crippen molar-refractivity contribution in [1.29, 1.82) is 0 Å². The topological polar surface area (TPSA) is 30.5 Å². The summed E-state index contributed by atoms with van der Waals surface area (Å²) in [7, 11) is 3.32. The Balaban J connectivity index is 2.71. The maximum absolute atomic E-state index is 5.31. The first-order valence-corrected chi connectivity index (χ1v) is 6.73. The van der Waals surface area contributed by atoms with Gasteiger partial charge in [0.1, 0.15) is 0 Å². The molecule has 18 heavy (non-hydrogen) atoms. The second-order valence-electron chi connectivity index (χ2n) is 4.46. The standard InChI is InChI=1S/C15H25NO2/c1-5-7-8-12(6-2)16-13-9-10-14(17-3)15(11-13)18-4/h9-12,16H,5-8H2,1-4H3. The molecule has 0 radical (unpaired) electrons. The number of unbranched alkanes of at least 4 members (excludes halogenated alkanes) is 1. The largest absolute Gasteiger partial charge is 0.493 e. The van der Waals surface area contributed by atoms with Gasteiger partial charge in [-0.15, -0.1) is 0 Å². The van der Waals surface area contributed by atoms with E-state index in [1.165, 1.54) is 19.3 Å². The van der Waals surface area contributed by atoms with Gasteiger partial charge in [-0.05, 0) is 25.0 Å². The lowest BCUT2D eigenvalue weighted by Gasteiger charge is -2.19. The Morgan fingerprint density at radius 3 is 2.39 bits per heavy atom. The molecular formula is C15H25NO2. The van der Waals surface area contributed by atoms with Gasteiger partial charge in [0, 0.05) is 17.8 Å². The molecule has 1 N–H and O–H groups in total. The average Bonchev–Trinajstić information content (AvgIpc) is 2.43. The Labute approximate surface area is 110 Å². The first-order valence-electron chi connectivity index (χ1n) is 6.73. The van der Waals surface area contributed by atoms with Crippen LogP contribution in [0.3, 0.4) is 0 Å². The van der Waals surface area contributed by atoms with Gasteiger partial charge < -0.3 is 14.8 Å². The minimum absolute atomic E-state index is 0.531. The van der Waals surface area contributed by atoms with Crippen LogP contribution in [-0.4, -0.2) is 20.3 Å². The van der Waals surface area contributed by atoms with E-state index in [9.17, 15) is 0 Å². The molecule has 0 fully saturated rings. The monoisotopic (exact) mass is 251 g/mol. The third-order valence-corrected chi connectivity index (χ3v) is 3.15. The summed E-state index contributed by atoms with van der Waals surface area (Å²) >= 11 is 0. The highest BCUT2D eigenvalue weighted by Crippen LogP contribution is 2.30. The lowest BCUT2D eigenvalue weighted by atomic mass is 10.1. The highest BCUT2D eigenvalue weighted by atomic mass is 16.5. The first-order chi connectivity index (χ1) is 8.74. The number of rotatable bonds is 8. The minimum atomic E-state index is 0.531. The van der Waals surface area contributed by atoms with E-state index in [2.05, 4.69) is 19.2 Å². The molecule has 102 valence electrons. The van der Waals surface area contributed by atoms with Crippen molar-refractivity contribution in [2.24, 2.45) is 0 Å². The predicted molar refractivity (Wildman–Crippen MR) is 76.8 cm³/mol. The molecule has 0 heterocycles. The van der Waals surface area contributed by atoms with Gasteiger partial charge in [-0.25, -0.2) is 0 Å². The molecule has 0 aliphatic carbocycles. The minimum Gasteiger partial charge on any atom is -0.493 e. The van der Waals surface area contributed by atoms with Crippen molar-refractivity contribution in [2.45, 2.75) is 45.6 Å². The third kappa shape index (κ3) is 4.13. The number of hydrogen-bond acceptors (Lipinski definition) is 3. The van der Waals surface area contributed by atoms with E-state index in [1.54, 1.807) is 14.2 Å². The molecule has 3 nitrogen and oxygen atoms in total. The number of methoxy groups -OCH3 is 2. The first kappa shape index (κ1) is 14.7. The van der Waals surface area contributed by atoms with Crippen LogP contribution in [0.5, 0.6) is 11.5 Å². The van der Waals surface area contributed by atoms with Crippen molar-refractivity contribution in [3.8, 4) is 11.5 Å². The highest BCUT2D eigenvalue weighted by molar-refractivity contribution is 5.55. The fraction of sp³-hybridized carbons (Fsp3) is 0.600. The quantitative estimate of drug-likeness (QED) is 0.755. The summed E-state index contributed by atoms with van der Waals surface area (Å²) < 4.78 is 10.5. The molecule has 1 unspecified atom stereocenters. The maximum Gasteiger partial charge on any atom is 0.162 e. The Bertz CT molecular complexity index is 352. The number of nitrogens with one attached hydrogen (secondary N) is 1. The van der Waals surface area contributed by atoms with Gasteiger partial charge in [-0.1, -0.05) is 26.7 Å². The smallest absolute Gasteiger partial charge is 0.162 e. The van der Waals surface area contributed by atoms with E-state index in [4.69, 9.17) is 9.47 Å². The van der Waals surface area contributed by atoms with Gasteiger partial charge in [-0.2, -0.15) is 0 Å². The van der Waals surface area contributed by atoms with Gasteiger partial charge in [0.25, 0.3) is 0 Å². The molecule has 0 aromatic heterocycles. The van der Waals surface area contributed by atoms with Crippen molar-refractivity contribution in [3.63, 3.8) is 0 Å². The van der Waals surface area contributed by atoms with Gasteiger partial charge in [0.15, 0.2) is 11.5 Å². The van der Waals surface area contributed by atoms with E-state index in [1.807, 2.05) is 18.2 Å². The normalized spacial score (nSPS) is 12.0. The van der Waals surface area contributed by atoms with Gasteiger partial charge >= 0.3 is 0 Å². The molecule has 0 amide bonds. The molecule has 1 aromatic rings. The number of anilines is 1. The SMILES string of the molecule is CCCCC(CC)Nc1ccc(OC)c(OC)c1. The molecule has 0 saturated carbocycles. The van der Waals surface area contributed by atoms with E-state index in [0.29, 0.717) is 6.04 Å². The zero-order chi connectivity index (χ0) is 13.4. The van der Waals surface area contributed by atoms with Crippen molar-refractivity contribution >= 4 is 5.69 Å². The lowest BCUT2D eigenvalue weighted by Crippen LogP contribution is -2.18. The molecule has 0 aliphatic heterocycles. The molecule has 1 atom stereocenters. The van der Waals surface area contributed by atoms with Gasteiger partial charge in [0.05, 0.1) is 14.2 Å². The predicted octanol–water partition coefficient (Wildman–Crippen LogP) is 4.08. The van der Waals surface area contributed by atoms with Crippen molar-refractivity contribution in [1.82, 2.24) is 0 Å². The van der Waals surface area contributed by atoms with E-state index in [0.717, 1.165) is 23.6 Å². The van der Waals surface area contributed by atoms with Crippen LogP contribution < -0.4 is 14.8 Å². The molecule has 3 heteroatoms. The fourth-order valence-electron chi connectivity index (χ4n) is 1.99. The van der Waals surface area contributed by atoms with Gasteiger partial charge in [0.2, 0.25) is 0 Å². The Kier molecular flexibility index (Phi) is 6.40. The van der Waals surface area contributed by atoms with E-state index < -0.39 is 0 Å². The number of hydrogen-bond donors (Lipinski definition) is 1. The van der Waals surface area contributed by atoms with Crippen LogP contribution in [0.25, 0.3) is 0 Å². The lowest BCUT2D eigenvalue weighted by molar-refractivity contribution is 0.355. The highest BCUT2D eigenvalue weighted by Gasteiger charge is 2.08. The van der Waals surface area contributed by atoms with E-state index in [-0.39, 0.29) is 0 Å². The van der Waals surface area contributed by atoms with Crippen LogP contribution in [0.1, 0.15) is 39.5 Å². The zero-order valence-corrected chi connectivity index (χ0v) is 12.0. The Hall–Kier alpha value is -1.38. The summed E-state index contributed by atoms with van der Waals surface area (Å²) in [6.07, 6.45) is 4.85. The molecule has 0 saturated heterocycles. The van der Waals surface area contributed by atoms with Crippen molar-refractivity contribution < 1.29 is 9.47 Å².